The predicted octanol–water partition coefficient (Wildman–Crippen LogP) is 4.14. The van der Waals surface area contributed by atoms with Gasteiger partial charge in [-0.15, -0.1) is 0 Å². The normalized spacial score (nSPS) is 11.0. The molecule has 0 saturated heterocycles. The summed E-state index contributed by atoms with van der Waals surface area (Å²) in [7, 11) is 1.69. The Labute approximate surface area is 165 Å². The summed E-state index contributed by atoms with van der Waals surface area (Å²) in [4.78, 5) is 31.5. The summed E-state index contributed by atoms with van der Waals surface area (Å²) in [6.45, 7) is 1.89. The molecule has 7 heteroatoms. The minimum atomic E-state index is -0.217. The molecule has 0 spiro atoms. The minimum Gasteiger partial charge on any atom is -0.322 e. The summed E-state index contributed by atoms with van der Waals surface area (Å²) in [5.74, 6) is -0.213. The van der Waals surface area contributed by atoms with Gasteiger partial charge in [0.15, 0.2) is 5.65 Å². The first kappa shape index (κ1) is 18.0. The van der Waals surface area contributed by atoms with E-state index in [1.54, 1.807) is 43.6 Å². The Morgan fingerprint density at radius 3 is 2.75 bits per heavy atom. The second-order valence-corrected chi connectivity index (χ2v) is 7.01. The van der Waals surface area contributed by atoms with Gasteiger partial charge < -0.3 is 5.32 Å². The number of nitrogens with zero attached hydrogens (tertiary/aromatic N) is 2. The standard InChI is InChI=1S/C21H17ClN4O2/c1-12-8-16(22)6-7-17(12)24-20(27)14-5-3-4-13(9-14)15-10-18-19(23-11-15)25-21(28)26(18)2/h3-11H,1-2H3,(H,24,27)(H,23,25,28). The van der Waals surface area contributed by atoms with E-state index >= 15 is 0 Å². The number of aromatic nitrogens is 3. The SMILES string of the molecule is Cc1cc(Cl)ccc1NC(=O)c1cccc(-c2cnc3[nH]c(=O)n(C)c3c2)c1. The molecule has 0 aliphatic heterocycles. The zero-order valence-corrected chi connectivity index (χ0v) is 16.0. The topological polar surface area (TPSA) is 79.8 Å². The fourth-order valence-electron chi connectivity index (χ4n) is 3.06. The van der Waals surface area contributed by atoms with Gasteiger partial charge in [0.1, 0.15) is 0 Å². The van der Waals surface area contributed by atoms with Crippen LogP contribution in [0.3, 0.4) is 0 Å². The first-order valence-electron chi connectivity index (χ1n) is 8.65. The number of aryl methyl sites for hydroxylation is 2. The Balaban J connectivity index is 1.66. The predicted molar refractivity (Wildman–Crippen MR) is 111 cm³/mol. The lowest BCUT2D eigenvalue weighted by Crippen LogP contribution is -2.12. The molecule has 140 valence electrons. The van der Waals surface area contributed by atoms with Crippen molar-refractivity contribution >= 4 is 34.4 Å². The lowest BCUT2D eigenvalue weighted by molar-refractivity contribution is 0.102. The molecular formula is C21H17ClN4O2. The summed E-state index contributed by atoms with van der Waals surface area (Å²) in [6.07, 6.45) is 1.68. The summed E-state index contributed by atoms with van der Waals surface area (Å²) >= 11 is 5.97. The third-order valence-corrected chi connectivity index (χ3v) is 4.89. The highest BCUT2D eigenvalue weighted by Crippen LogP contribution is 2.24. The molecule has 2 N–H and O–H groups in total. The monoisotopic (exact) mass is 392 g/mol. The molecule has 0 atom stereocenters. The van der Waals surface area contributed by atoms with Gasteiger partial charge in [-0.25, -0.2) is 9.78 Å². The molecule has 0 bridgehead atoms. The molecule has 0 saturated carbocycles. The molecule has 2 heterocycles. The molecule has 2 aromatic carbocycles. The molecule has 2 aromatic heterocycles. The van der Waals surface area contributed by atoms with Gasteiger partial charge in [-0.2, -0.15) is 0 Å². The molecule has 0 fully saturated rings. The Bertz CT molecular complexity index is 1270. The van der Waals surface area contributed by atoms with Crippen LogP contribution in [-0.2, 0) is 7.05 Å². The van der Waals surface area contributed by atoms with E-state index in [1.807, 2.05) is 25.1 Å². The van der Waals surface area contributed by atoms with Crippen LogP contribution in [0.4, 0.5) is 5.69 Å². The van der Waals surface area contributed by atoms with Crippen molar-refractivity contribution in [3.05, 3.63) is 81.4 Å². The van der Waals surface area contributed by atoms with Crippen molar-refractivity contribution < 1.29 is 4.79 Å². The van der Waals surface area contributed by atoms with Crippen LogP contribution in [0.1, 0.15) is 15.9 Å². The number of hydrogen-bond acceptors (Lipinski definition) is 3. The van der Waals surface area contributed by atoms with Crippen LogP contribution < -0.4 is 11.0 Å². The number of anilines is 1. The van der Waals surface area contributed by atoms with Crippen molar-refractivity contribution in [2.45, 2.75) is 6.92 Å². The molecule has 4 aromatic rings. The summed E-state index contributed by atoms with van der Waals surface area (Å²) in [6, 6.07) is 14.5. The van der Waals surface area contributed by atoms with Crippen LogP contribution in [-0.4, -0.2) is 20.4 Å². The van der Waals surface area contributed by atoms with Crippen molar-refractivity contribution in [1.82, 2.24) is 14.5 Å². The number of rotatable bonds is 3. The van der Waals surface area contributed by atoms with Crippen molar-refractivity contribution in [3.63, 3.8) is 0 Å². The largest absolute Gasteiger partial charge is 0.327 e. The minimum absolute atomic E-state index is 0.213. The number of H-pyrrole nitrogens is 1. The Morgan fingerprint density at radius 1 is 1.14 bits per heavy atom. The lowest BCUT2D eigenvalue weighted by atomic mass is 10.0. The Morgan fingerprint density at radius 2 is 1.96 bits per heavy atom. The van der Waals surface area contributed by atoms with Crippen LogP contribution >= 0.6 is 11.6 Å². The zero-order valence-electron chi connectivity index (χ0n) is 15.3. The van der Waals surface area contributed by atoms with Gasteiger partial charge in [0.2, 0.25) is 0 Å². The number of nitrogens with one attached hydrogen (secondary N) is 2. The Kier molecular flexibility index (Phi) is 4.49. The van der Waals surface area contributed by atoms with Gasteiger partial charge in [-0.3, -0.25) is 14.3 Å². The molecule has 0 aliphatic rings. The quantitative estimate of drug-likeness (QED) is 0.549. The summed E-state index contributed by atoms with van der Waals surface area (Å²) in [5, 5.41) is 3.54. The fourth-order valence-corrected chi connectivity index (χ4v) is 3.29. The first-order chi connectivity index (χ1) is 13.4. The van der Waals surface area contributed by atoms with Gasteiger partial charge in [0, 0.05) is 35.1 Å². The number of halogens is 1. The number of imidazole rings is 1. The smallest absolute Gasteiger partial charge is 0.322 e. The van der Waals surface area contributed by atoms with E-state index in [0.717, 1.165) is 16.7 Å². The summed E-state index contributed by atoms with van der Waals surface area (Å²) in [5.41, 5.74) is 4.80. The number of pyridine rings is 1. The highest BCUT2D eigenvalue weighted by molar-refractivity contribution is 6.30. The van der Waals surface area contributed by atoms with Gasteiger partial charge in [0.05, 0.1) is 5.52 Å². The van der Waals surface area contributed by atoms with Crippen molar-refractivity contribution in [2.75, 3.05) is 5.32 Å². The van der Waals surface area contributed by atoms with E-state index in [9.17, 15) is 9.59 Å². The number of aromatic amines is 1. The number of carbonyl (C=O) groups is 1. The molecular weight excluding hydrogens is 376 g/mol. The van der Waals surface area contributed by atoms with Gasteiger partial charge in [-0.1, -0.05) is 23.7 Å². The first-order valence-corrected chi connectivity index (χ1v) is 9.03. The lowest BCUT2D eigenvalue weighted by Gasteiger charge is -2.10. The van der Waals surface area contributed by atoms with Crippen LogP contribution in [0.25, 0.3) is 22.3 Å². The van der Waals surface area contributed by atoms with Crippen LogP contribution in [0.5, 0.6) is 0 Å². The van der Waals surface area contributed by atoms with Crippen LogP contribution in [0, 0.1) is 6.92 Å². The van der Waals surface area contributed by atoms with Gasteiger partial charge in [-0.05, 0) is 54.4 Å². The van der Waals surface area contributed by atoms with Gasteiger partial charge in [0.25, 0.3) is 5.91 Å². The van der Waals surface area contributed by atoms with E-state index in [4.69, 9.17) is 11.6 Å². The van der Waals surface area contributed by atoms with Crippen molar-refractivity contribution in [2.24, 2.45) is 7.05 Å². The average molecular weight is 393 g/mol. The van der Waals surface area contributed by atoms with E-state index < -0.39 is 0 Å². The molecule has 0 unspecified atom stereocenters. The number of amides is 1. The maximum Gasteiger partial charge on any atom is 0.327 e. The van der Waals surface area contributed by atoms with Gasteiger partial charge >= 0.3 is 5.69 Å². The fraction of sp³-hybridized carbons (Fsp3) is 0.0952. The highest BCUT2D eigenvalue weighted by Gasteiger charge is 2.11. The number of hydrogen-bond donors (Lipinski definition) is 2. The third-order valence-electron chi connectivity index (χ3n) is 4.65. The van der Waals surface area contributed by atoms with E-state index in [2.05, 4.69) is 15.3 Å². The Hall–Kier alpha value is -3.38. The number of benzene rings is 2. The maximum absolute atomic E-state index is 12.7. The molecule has 4 rings (SSSR count). The van der Waals surface area contributed by atoms with Crippen molar-refractivity contribution in [1.29, 1.82) is 0 Å². The van der Waals surface area contributed by atoms with E-state index in [1.165, 1.54) is 4.57 Å². The molecule has 0 aliphatic carbocycles. The number of carbonyl (C=O) groups excluding carboxylic acids is 1. The molecule has 0 radical (unpaired) electrons. The van der Waals surface area contributed by atoms with Crippen LogP contribution in [0.15, 0.2) is 59.5 Å². The highest BCUT2D eigenvalue weighted by atomic mass is 35.5. The second kappa shape index (κ2) is 6.98. The van der Waals surface area contributed by atoms with E-state index in [0.29, 0.717) is 27.4 Å². The summed E-state index contributed by atoms with van der Waals surface area (Å²) < 4.78 is 1.51. The van der Waals surface area contributed by atoms with E-state index in [-0.39, 0.29) is 11.6 Å². The average Bonchev–Trinajstić information content (AvgIpc) is 2.97. The van der Waals surface area contributed by atoms with Crippen LogP contribution in [0.2, 0.25) is 5.02 Å². The third kappa shape index (κ3) is 3.30. The molecule has 1 amide bonds. The molecule has 28 heavy (non-hydrogen) atoms. The van der Waals surface area contributed by atoms with Crippen molar-refractivity contribution in [3.8, 4) is 11.1 Å². The number of fused-ring (bicyclic) bond motifs is 1. The second-order valence-electron chi connectivity index (χ2n) is 6.58. The maximum atomic E-state index is 12.7. The zero-order chi connectivity index (χ0) is 19.8. The molecule has 6 nitrogen and oxygen atoms in total.